The molecular weight excluding hydrogens is 303 g/mol. The maximum atomic E-state index is 13.9. The van der Waals surface area contributed by atoms with Gasteiger partial charge < -0.3 is 10.2 Å². The molecule has 1 aliphatic heterocycles. The number of anilines is 2. The third-order valence-electron chi connectivity index (χ3n) is 4.70. The summed E-state index contributed by atoms with van der Waals surface area (Å²) in [4.78, 5) is 14.5. The number of nitrogens with one attached hydrogen (secondary N) is 1. The number of hydrogen-bond donors (Lipinski definition) is 1. The molecule has 0 unspecified atom stereocenters. The summed E-state index contributed by atoms with van der Waals surface area (Å²) in [7, 11) is 0. The van der Waals surface area contributed by atoms with Gasteiger partial charge >= 0.3 is 0 Å². The van der Waals surface area contributed by atoms with Gasteiger partial charge in [0.1, 0.15) is 5.82 Å². The van der Waals surface area contributed by atoms with E-state index in [2.05, 4.69) is 11.4 Å². The van der Waals surface area contributed by atoms with Crippen molar-refractivity contribution < 1.29 is 9.18 Å². The Kier molecular flexibility index (Phi) is 4.84. The number of carbonyl (C=O) groups excluding carboxylic acids is 1. The summed E-state index contributed by atoms with van der Waals surface area (Å²) in [5.74, 6) is -0.153. The van der Waals surface area contributed by atoms with E-state index in [0.717, 1.165) is 24.1 Å². The molecule has 1 fully saturated rings. The van der Waals surface area contributed by atoms with Gasteiger partial charge in [0.25, 0.3) is 0 Å². The van der Waals surface area contributed by atoms with Gasteiger partial charge in [-0.3, -0.25) is 4.79 Å². The van der Waals surface area contributed by atoms with Crippen molar-refractivity contribution >= 4 is 17.3 Å². The van der Waals surface area contributed by atoms with Crippen molar-refractivity contribution in [3.63, 3.8) is 0 Å². The van der Waals surface area contributed by atoms with Gasteiger partial charge in [0.05, 0.1) is 5.69 Å². The van der Waals surface area contributed by atoms with Crippen LogP contribution in [0.3, 0.4) is 0 Å². The fourth-order valence-corrected chi connectivity index (χ4v) is 3.28. The molecule has 0 bridgehead atoms. The minimum Gasteiger partial charge on any atom is -0.369 e. The van der Waals surface area contributed by atoms with Gasteiger partial charge in [-0.2, -0.15) is 0 Å². The number of amides is 1. The van der Waals surface area contributed by atoms with Crippen LogP contribution in [0, 0.1) is 25.6 Å². The molecule has 3 nitrogen and oxygen atoms in total. The van der Waals surface area contributed by atoms with Crippen LogP contribution in [-0.4, -0.2) is 19.0 Å². The Hall–Kier alpha value is -2.36. The number of carbonyl (C=O) groups is 1. The summed E-state index contributed by atoms with van der Waals surface area (Å²) in [5, 5.41) is 3.04. The highest BCUT2D eigenvalue weighted by Gasteiger charge is 2.26. The van der Waals surface area contributed by atoms with Crippen LogP contribution in [0.2, 0.25) is 0 Å². The number of para-hydroxylation sites is 1. The van der Waals surface area contributed by atoms with Crippen LogP contribution in [-0.2, 0) is 4.79 Å². The Bertz CT molecular complexity index is 736. The summed E-state index contributed by atoms with van der Waals surface area (Å²) < 4.78 is 13.9. The van der Waals surface area contributed by atoms with Crippen molar-refractivity contribution in [1.82, 2.24) is 0 Å². The van der Waals surface area contributed by atoms with Crippen LogP contribution in [0.25, 0.3) is 0 Å². The summed E-state index contributed by atoms with van der Waals surface area (Å²) in [6.45, 7) is 5.44. The maximum Gasteiger partial charge on any atom is 0.227 e. The Labute approximate surface area is 142 Å². The summed E-state index contributed by atoms with van der Waals surface area (Å²) in [6, 6.07) is 12.8. The second kappa shape index (κ2) is 7.04. The quantitative estimate of drug-likeness (QED) is 0.912. The Morgan fingerprint density at radius 1 is 1.12 bits per heavy atom. The number of rotatable bonds is 3. The van der Waals surface area contributed by atoms with Crippen molar-refractivity contribution in [2.24, 2.45) is 5.92 Å². The topological polar surface area (TPSA) is 32.3 Å². The molecule has 2 aromatic carbocycles. The molecule has 1 saturated heterocycles. The highest BCUT2D eigenvalue weighted by molar-refractivity contribution is 5.93. The van der Waals surface area contributed by atoms with Crippen LogP contribution in [0.4, 0.5) is 15.8 Å². The predicted molar refractivity (Wildman–Crippen MR) is 95.9 cm³/mol. The smallest absolute Gasteiger partial charge is 0.227 e. The van der Waals surface area contributed by atoms with Crippen LogP contribution >= 0.6 is 0 Å². The zero-order valence-electron chi connectivity index (χ0n) is 14.2. The zero-order chi connectivity index (χ0) is 17.1. The molecule has 24 heavy (non-hydrogen) atoms. The summed E-state index contributed by atoms with van der Waals surface area (Å²) in [6.07, 6.45) is 1.48. The second-order valence-corrected chi connectivity index (χ2v) is 6.52. The van der Waals surface area contributed by atoms with Gasteiger partial charge in [-0.05, 0) is 50.5 Å². The molecule has 4 heteroatoms. The number of aryl methyl sites for hydroxylation is 2. The van der Waals surface area contributed by atoms with Gasteiger partial charge in [0.2, 0.25) is 5.91 Å². The molecule has 1 heterocycles. The Balaban J connectivity index is 1.60. The van der Waals surface area contributed by atoms with E-state index < -0.39 is 0 Å². The van der Waals surface area contributed by atoms with E-state index in [-0.39, 0.29) is 17.6 Å². The standard InChI is InChI=1S/C20H23FN2O/c1-14-7-8-18(15(2)13-14)22-20(24)16-9-11-23(12-10-16)19-6-4-3-5-17(19)21/h3-8,13,16H,9-12H2,1-2H3,(H,22,24). The third kappa shape index (κ3) is 3.58. The monoisotopic (exact) mass is 326 g/mol. The van der Waals surface area contributed by atoms with E-state index >= 15 is 0 Å². The molecule has 1 aliphatic rings. The Morgan fingerprint density at radius 2 is 1.83 bits per heavy atom. The van der Waals surface area contributed by atoms with Crippen LogP contribution < -0.4 is 10.2 Å². The molecule has 126 valence electrons. The minimum atomic E-state index is -0.198. The van der Waals surface area contributed by atoms with Crippen LogP contribution in [0.1, 0.15) is 24.0 Å². The number of halogens is 1. The average molecular weight is 326 g/mol. The first-order valence-electron chi connectivity index (χ1n) is 8.42. The Morgan fingerprint density at radius 3 is 2.50 bits per heavy atom. The lowest BCUT2D eigenvalue weighted by molar-refractivity contribution is -0.120. The van der Waals surface area contributed by atoms with Crippen molar-refractivity contribution in [2.75, 3.05) is 23.3 Å². The lowest BCUT2D eigenvalue weighted by Crippen LogP contribution is -2.38. The SMILES string of the molecule is Cc1ccc(NC(=O)C2CCN(c3ccccc3F)CC2)c(C)c1. The molecule has 0 saturated carbocycles. The van der Waals surface area contributed by atoms with Crippen molar-refractivity contribution in [1.29, 1.82) is 0 Å². The third-order valence-corrected chi connectivity index (χ3v) is 4.70. The van der Waals surface area contributed by atoms with E-state index in [1.54, 1.807) is 12.1 Å². The molecule has 1 N–H and O–H groups in total. The summed E-state index contributed by atoms with van der Waals surface area (Å²) in [5.41, 5.74) is 3.77. The number of benzene rings is 2. The lowest BCUT2D eigenvalue weighted by atomic mass is 9.95. The van der Waals surface area contributed by atoms with Gasteiger partial charge in [0, 0.05) is 24.7 Å². The molecule has 0 aromatic heterocycles. The molecule has 0 aliphatic carbocycles. The number of hydrogen-bond acceptors (Lipinski definition) is 2. The second-order valence-electron chi connectivity index (χ2n) is 6.52. The predicted octanol–water partition coefficient (Wildman–Crippen LogP) is 4.30. The maximum absolute atomic E-state index is 13.9. The largest absolute Gasteiger partial charge is 0.369 e. The highest BCUT2D eigenvalue weighted by atomic mass is 19.1. The van der Waals surface area contributed by atoms with Crippen molar-refractivity contribution in [2.45, 2.75) is 26.7 Å². The molecule has 3 rings (SSSR count). The zero-order valence-corrected chi connectivity index (χ0v) is 14.2. The number of piperidine rings is 1. The van der Waals surface area contributed by atoms with Gasteiger partial charge in [-0.1, -0.05) is 29.8 Å². The fraction of sp³-hybridized carbons (Fsp3) is 0.350. The lowest BCUT2D eigenvalue weighted by Gasteiger charge is -2.33. The minimum absolute atomic E-state index is 0.0197. The van der Waals surface area contributed by atoms with E-state index in [0.29, 0.717) is 18.8 Å². The first-order chi connectivity index (χ1) is 11.5. The van der Waals surface area contributed by atoms with Crippen molar-refractivity contribution in [3.8, 4) is 0 Å². The van der Waals surface area contributed by atoms with E-state index in [4.69, 9.17) is 0 Å². The van der Waals surface area contributed by atoms with Gasteiger partial charge in [0.15, 0.2) is 0 Å². The van der Waals surface area contributed by atoms with Crippen molar-refractivity contribution in [3.05, 3.63) is 59.4 Å². The molecular formula is C20H23FN2O. The number of nitrogens with zero attached hydrogens (tertiary/aromatic N) is 1. The van der Waals surface area contributed by atoms with E-state index in [1.807, 2.05) is 36.9 Å². The first-order valence-corrected chi connectivity index (χ1v) is 8.42. The fourth-order valence-electron chi connectivity index (χ4n) is 3.28. The normalized spacial score (nSPS) is 15.4. The van der Waals surface area contributed by atoms with Crippen LogP contribution in [0.5, 0.6) is 0 Å². The van der Waals surface area contributed by atoms with Crippen LogP contribution in [0.15, 0.2) is 42.5 Å². The van der Waals surface area contributed by atoms with Gasteiger partial charge in [-0.25, -0.2) is 4.39 Å². The molecule has 0 spiro atoms. The average Bonchev–Trinajstić information content (AvgIpc) is 2.58. The first kappa shape index (κ1) is 16.5. The molecule has 1 amide bonds. The molecule has 0 radical (unpaired) electrons. The molecule has 2 aromatic rings. The highest BCUT2D eigenvalue weighted by Crippen LogP contribution is 2.26. The van der Waals surface area contributed by atoms with Gasteiger partial charge in [-0.15, -0.1) is 0 Å². The molecule has 0 atom stereocenters. The van der Waals surface area contributed by atoms with E-state index in [9.17, 15) is 9.18 Å². The summed E-state index contributed by atoms with van der Waals surface area (Å²) >= 11 is 0. The van der Waals surface area contributed by atoms with E-state index in [1.165, 1.54) is 11.6 Å².